The predicted octanol–water partition coefficient (Wildman–Crippen LogP) is 3.43. The fraction of sp³-hybridized carbons (Fsp3) is 0.0667. The maximum atomic E-state index is 9.14. The van der Waals surface area contributed by atoms with Gasteiger partial charge in [0.05, 0.1) is 0 Å². The van der Waals surface area contributed by atoms with Crippen molar-refractivity contribution < 1.29 is 5.21 Å². The number of hydrogen-bond acceptors (Lipinski definition) is 2. The molecule has 0 fully saturated rings. The van der Waals surface area contributed by atoms with Crippen LogP contribution in [0.15, 0.2) is 54.2 Å². The van der Waals surface area contributed by atoms with E-state index in [1.54, 1.807) is 0 Å². The lowest BCUT2D eigenvalue weighted by molar-refractivity contribution is 0.201. The fourth-order valence-electron chi connectivity index (χ4n) is 2.48. The predicted molar refractivity (Wildman–Crippen MR) is 68.5 cm³/mol. The summed E-state index contributed by atoms with van der Waals surface area (Å²) in [7, 11) is 0. The van der Waals surface area contributed by atoms with Crippen LogP contribution in [0.2, 0.25) is 0 Å². The van der Waals surface area contributed by atoms with Gasteiger partial charge in [0.25, 0.3) is 0 Å². The van der Waals surface area contributed by atoms with E-state index in [9.17, 15) is 0 Å². The number of allylic oxidation sites excluding steroid dienone is 1. The van der Waals surface area contributed by atoms with Crippen LogP contribution in [0.5, 0.6) is 0 Å². The molecule has 0 atom stereocenters. The Hall–Kier alpha value is -2.06. The molecular formula is C15H13NO. The highest BCUT2D eigenvalue weighted by Gasteiger charge is 2.23. The first kappa shape index (κ1) is 10.1. The van der Waals surface area contributed by atoms with Crippen molar-refractivity contribution in [2.24, 2.45) is 0 Å². The molecule has 3 rings (SSSR count). The zero-order valence-electron chi connectivity index (χ0n) is 9.57. The molecule has 0 spiro atoms. The van der Waals surface area contributed by atoms with E-state index in [4.69, 9.17) is 5.21 Å². The summed E-state index contributed by atoms with van der Waals surface area (Å²) in [5, 5.41) is 9.14. The standard InChI is InChI=1S/C15H13NO/c1-10(16-17)15-13-8-4-2-6-11(13)12-7-3-5-9-14(12)15/h2-9,16-17H,1H3. The summed E-state index contributed by atoms with van der Waals surface area (Å²) in [6.07, 6.45) is 0. The van der Waals surface area contributed by atoms with Crippen molar-refractivity contribution in [2.75, 3.05) is 0 Å². The monoisotopic (exact) mass is 223 g/mol. The summed E-state index contributed by atoms with van der Waals surface area (Å²) >= 11 is 0. The van der Waals surface area contributed by atoms with Crippen molar-refractivity contribution in [3.8, 4) is 11.1 Å². The summed E-state index contributed by atoms with van der Waals surface area (Å²) in [4.78, 5) is 0. The van der Waals surface area contributed by atoms with Crippen LogP contribution in [0, 0.1) is 0 Å². The highest BCUT2D eigenvalue weighted by molar-refractivity contribution is 6.01. The third-order valence-electron chi connectivity index (χ3n) is 3.23. The Labute approximate surface area is 100 Å². The summed E-state index contributed by atoms with van der Waals surface area (Å²) in [5.74, 6) is 0. The largest absolute Gasteiger partial charge is 0.291 e. The van der Waals surface area contributed by atoms with Gasteiger partial charge in [-0.05, 0) is 29.2 Å². The maximum absolute atomic E-state index is 9.14. The molecule has 84 valence electrons. The van der Waals surface area contributed by atoms with Gasteiger partial charge in [-0.3, -0.25) is 10.7 Å². The average Bonchev–Trinajstić information content (AvgIpc) is 2.72. The molecule has 0 heterocycles. The molecule has 2 nitrogen and oxygen atoms in total. The first-order valence-electron chi connectivity index (χ1n) is 5.63. The van der Waals surface area contributed by atoms with Gasteiger partial charge >= 0.3 is 0 Å². The van der Waals surface area contributed by atoms with Gasteiger partial charge in [-0.15, -0.1) is 0 Å². The van der Waals surface area contributed by atoms with Crippen LogP contribution < -0.4 is 5.48 Å². The number of hydroxylamine groups is 1. The maximum Gasteiger partial charge on any atom is 0.0430 e. The molecule has 1 aliphatic carbocycles. The van der Waals surface area contributed by atoms with Crippen molar-refractivity contribution >= 4 is 5.57 Å². The molecule has 0 aliphatic heterocycles. The molecule has 0 saturated heterocycles. The van der Waals surface area contributed by atoms with Gasteiger partial charge in [0.15, 0.2) is 0 Å². The van der Waals surface area contributed by atoms with E-state index < -0.39 is 0 Å². The molecule has 2 heteroatoms. The van der Waals surface area contributed by atoms with E-state index in [1.807, 2.05) is 31.2 Å². The minimum Gasteiger partial charge on any atom is -0.291 e. The van der Waals surface area contributed by atoms with E-state index >= 15 is 0 Å². The van der Waals surface area contributed by atoms with Gasteiger partial charge in [-0.1, -0.05) is 48.5 Å². The molecule has 2 N–H and O–H groups in total. The smallest absolute Gasteiger partial charge is 0.0430 e. The topological polar surface area (TPSA) is 32.3 Å². The van der Waals surface area contributed by atoms with Gasteiger partial charge in [-0.25, -0.2) is 0 Å². The second-order valence-electron chi connectivity index (χ2n) is 4.20. The second-order valence-corrected chi connectivity index (χ2v) is 4.20. The van der Waals surface area contributed by atoms with Crippen molar-refractivity contribution in [1.29, 1.82) is 0 Å². The average molecular weight is 223 g/mol. The molecule has 17 heavy (non-hydrogen) atoms. The number of hydrogen-bond donors (Lipinski definition) is 2. The quantitative estimate of drug-likeness (QED) is 0.619. The normalized spacial score (nSPS) is 12.0. The third kappa shape index (κ3) is 1.38. The number of nitrogens with one attached hydrogen (secondary N) is 1. The van der Waals surface area contributed by atoms with Crippen LogP contribution in [0.25, 0.3) is 16.7 Å². The van der Waals surface area contributed by atoms with E-state index in [0.29, 0.717) is 0 Å². The zero-order valence-corrected chi connectivity index (χ0v) is 9.57. The molecule has 0 amide bonds. The van der Waals surface area contributed by atoms with E-state index in [0.717, 1.165) is 11.3 Å². The lowest BCUT2D eigenvalue weighted by atomic mass is 10.0. The Balaban J connectivity index is 2.39. The van der Waals surface area contributed by atoms with Gasteiger partial charge in [-0.2, -0.15) is 0 Å². The summed E-state index contributed by atoms with van der Waals surface area (Å²) < 4.78 is 0. The molecule has 2 aromatic rings. The second kappa shape index (κ2) is 3.75. The fourth-order valence-corrected chi connectivity index (χ4v) is 2.48. The van der Waals surface area contributed by atoms with Crippen molar-refractivity contribution in [1.82, 2.24) is 5.48 Å². The molecule has 0 aromatic heterocycles. The van der Waals surface area contributed by atoms with Crippen molar-refractivity contribution in [3.05, 3.63) is 65.4 Å². The molecule has 0 radical (unpaired) electrons. The lowest BCUT2D eigenvalue weighted by Crippen LogP contribution is -2.05. The molecule has 0 unspecified atom stereocenters. The Kier molecular flexibility index (Phi) is 2.23. The SMILES string of the molecule is CC(NO)=C1c2ccccc2-c2ccccc21. The number of rotatable bonds is 1. The molecule has 0 saturated carbocycles. The zero-order chi connectivity index (χ0) is 11.8. The van der Waals surface area contributed by atoms with Crippen LogP contribution in [-0.2, 0) is 0 Å². The molecular weight excluding hydrogens is 210 g/mol. The van der Waals surface area contributed by atoms with Gasteiger partial charge in [0, 0.05) is 11.3 Å². The highest BCUT2D eigenvalue weighted by atomic mass is 16.5. The van der Waals surface area contributed by atoms with Crippen molar-refractivity contribution in [2.45, 2.75) is 6.92 Å². The van der Waals surface area contributed by atoms with E-state index in [1.165, 1.54) is 22.3 Å². The molecule has 1 aliphatic rings. The van der Waals surface area contributed by atoms with Crippen LogP contribution in [-0.4, -0.2) is 5.21 Å². The first-order valence-corrected chi connectivity index (χ1v) is 5.63. The number of fused-ring (bicyclic) bond motifs is 3. The molecule has 2 aromatic carbocycles. The van der Waals surface area contributed by atoms with Crippen molar-refractivity contribution in [3.63, 3.8) is 0 Å². The van der Waals surface area contributed by atoms with Crippen LogP contribution in [0.3, 0.4) is 0 Å². The first-order chi connectivity index (χ1) is 8.33. The van der Waals surface area contributed by atoms with Gasteiger partial charge in [0.1, 0.15) is 0 Å². The van der Waals surface area contributed by atoms with Crippen LogP contribution >= 0.6 is 0 Å². The lowest BCUT2D eigenvalue weighted by Gasteiger charge is -2.07. The molecule has 0 bridgehead atoms. The Morgan fingerprint density at radius 2 is 1.24 bits per heavy atom. The Morgan fingerprint density at radius 3 is 1.65 bits per heavy atom. The van der Waals surface area contributed by atoms with Crippen LogP contribution in [0.4, 0.5) is 0 Å². The Morgan fingerprint density at radius 1 is 0.824 bits per heavy atom. The van der Waals surface area contributed by atoms with Crippen LogP contribution in [0.1, 0.15) is 18.1 Å². The summed E-state index contributed by atoms with van der Waals surface area (Å²) in [6, 6.07) is 16.5. The number of benzene rings is 2. The van der Waals surface area contributed by atoms with E-state index in [-0.39, 0.29) is 0 Å². The highest BCUT2D eigenvalue weighted by Crippen LogP contribution is 2.44. The van der Waals surface area contributed by atoms with Gasteiger partial charge in [0.2, 0.25) is 0 Å². The third-order valence-corrected chi connectivity index (χ3v) is 3.23. The minimum absolute atomic E-state index is 0.780. The summed E-state index contributed by atoms with van der Waals surface area (Å²) in [6.45, 7) is 1.88. The van der Waals surface area contributed by atoms with Gasteiger partial charge < -0.3 is 0 Å². The Bertz CT molecular complexity index is 566. The summed E-state index contributed by atoms with van der Waals surface area (Å²) in [5.41, 5.74) is 8.94. The minimum atomic E-state index is 0.780. The van der Waals surface area contributed by atoms with E-state index in [2.05, 4.69) is 29.7 Å².